The predicted octanol–water partition coefficient (Wildman–Crippen LogP) is 2.83. The fourth-order valence-electron chi connectivity index (χ4n) is 4.64. The Balaban J connectivity index is 1.75. The van der Waals surface area contributed by atoms with E-state index in [0.717, 1.165) is 38.2 Å². The van der Waals surface area contributed by atoms with Crippen LogP contribution in [0.5, 0.6) is 0 Å². The first-order chi connectivity index (χ1) is 16.9. The molecule has 0 bridgehead atoms. The molecule has 0 spiro atoms. The van der Waals surface area contributed by atoms with E-state index in [9.17, 15) is 18.0 Å². The van der Waals surface area contributed by atoms with Crippen LogP contribution in [-0.2, 0) is 19.6 Å². The van der Waals surface area contributed by atoms with Gasteiger partial charge in [-0.3, -0.25) is 14.1 Å². The number of pyridine rings is 1. The van der Waals surface area contributed by atoms with Gasteiger partial charge in [-0.1, -0.05) is 19.3 Å². The molecule has 3 N–H and O–H groups in total. The molecule has 1 saturated carbocycles. The SMILES string of the molecule is CC1(C)OCC(n2cc(C(=O)NCCS(=O)(=O)O)c(=O)c3cc(F)c(NC4CCCCC4)cc32)CO1. The maximum absolute atomic E-state index is 15.1. The number of anilines is 1. The number of ether oxygens (including phenoxy) is 2. The summed E-state index contributed by atoms with van der Waals surface area (Å²) in [6.45, 7) is 3.64. The molecule has 1 saturated heterocycles. The van der Waals surface area contributed by atoms with Gasteiger partial charge in [0.15, 0.2) is 5.79 Å². The first-order valence-electron chi connectivity index (χ1n) is 12.1. The molecule has 1 amide bonds. The summed E-state index contributed by atoms with van der Waals surface area (Å²) in [6.07, 6.45) is 6.54. The van der Waals surface area contributed by atoms with Gasteiger partial charge in [-0.25, -0.2) is 4.39 Å². The molecule has 0 atom stereocenters. The number of halogens is 1. The molecule has 0 unspecified atom stereocenters. The van der Waals surface area contributed by atoms with E-state index in [0.29, 0.717) is 5.52 Å². The van der Waals surface area contributed by atoms with Gasteiger partial charge in [0.05, 0.1) is 36.2 Å². The summed E-state index contributed by atoms with van der Waals surface area (Å²) in [4.78, 5) is 26.0. The topological polar surface area (TPSA) is 136 Å². The van der Waals surface area contributed by atoms with Gasteiger partial charge < -0.3 is 24.7 Å². The third kappa shape index (κ3) is 6.23. The summed E-state index contributed by atoms with van der Waals surface area (Å²) in [5, 5.41) is 5.60. The van der Waals surface area contributed by atoms with Gasteiger partial charge >= 0.3 is 0 Å². The number of benzene rings is 1. The van der Waals surface area contributed by atoms with Crippen LogP contribution in [0.15, 0.2) is 23.1 Å². The molecule has 4 rings (SSSR count). The van der Waals surface area contributed by atoms with Crippen molar-refractivity contribution < 1.29 is 31.6 Å². The number of nitrogens with one attached hydrogen (secondary N) is 2. The number of aromatic nitrogens is 1. The van der Waals surface area contributed by atoms with Crippen LogP contribution in [0.2, 0.25) is 0 Å². The fourth-order valence-corrected chi connectivity index (χ4v) is 5.00. The lowest BCUT2D eigenvalue weighted by atomic mass is 9.95. The largest absolute Gasteiger partial charge is 0.380 e. The first-order valence-corrected chi connectivity index (χ1v) is 13.7. The van der Waals surface area contributed by atoms with Crippen LogP contribution in [0.25, 0.3) is 10.9 Å². The minimum absolute atomic E-state index is 0.00829. The quantitative estimate of drug-likeness (QED) is 0.470. The number of fused-ring (bicyclic) bond motifs is 1. The zero-order valence-electron chi connectivity index (χ0n) is 20.4. The fraction of sp³-hybridized carbons (Fsp3) is 0.583. The first kappa shape index (κ1) is 26.5. The number of carbonyl (C=O) groups excluding carboxylic acids is 1. The van der Waals surface area contributed by atoms with E-state index in [1.54, 1.807) is 24.5 Å². The van der Waals surface area contributed by atoms with Crippen molar-refractivity contribution in [2.45, 2.75) is 63.8 Å². The molecule has 2 aromatic rings. The van der Waals surface area contributed by atoms with Gasteiger partial charge in [0, 0.05) is 24.2 Å². The Morgan fingerprint density at radius 3 is 2.50 bits per heavy atom. The maximum atomic E-state index is 15.1. The van der Waals surface area contributed by atoms with E-state index in [1.807, 2.05) is 0 Å². The Labute approximate surface area is 208 Å². The summed E-state index contributed by atoms with van der Waals surface area (Å²) in [7, 11) is -4.29. The lowest BCUT2D eigenvalue weighted by molar-refractivity contribution is -0.258. The summed E-state index contributed by atoms with van der Waals surface area (Å²) >= 11 is 0. The van der Waals surface area contributed by atoms with Crippen molar-refractivity contribution in [2.75, 3.05) is 30.8 Å². The second kappa shape index (κ2) is 10.4. The van der Waals surface area contributed by atoms with E-state index in [2.05, 4.69) is 10.6 Å². The summed E-state index contributed by atoms with van der Waals surface area (Å²) in [6, 6.07) is 2.45. The molecule has 1 aliphatic heterocycles. The number of nitrogens with zero attached hydrogens (tertiary/aromatic N) is 1. The van der Waals surface area contributed by atoms with Gasteiger partial charge in [0.2, 0.25) is 5.43 Å². The lowest BCUT2D eigenvalue weighted by Crippen LogP contribution is -2.41. The molecule has 2 fully saturated rings. The predicted molar refractivity (Wildman–Crippen MR) is 132 cm³/mol. The van der Waals surface area contributed by atoms with Crippen molar-refractivity contribution in [1.82, 2.24) is 9.88 Å². The molecule has 2 aliphatic rings. The highest BCUT2D eigenvalue weighted by Crippen LogP contribution is 2.30. The lowest BCUT2D eigenvalue weighted by Gasteiger charge is -2.36. The summed E-state index contributed by atoms with van der Waals surface area (Å²) in [5.74, 6) is -2.92. The minimum Gasteiger partial charge on any atom is -0.380 e. The number of amides is 1. The summed E-state index contributed by atoms with van der Waals surface area (Å²) < 4.78 is 59.3. The molecule has 1 aromatic heterocycles. The van der Waals surface area contributed by atoms with E-state index < -0.39 is 51.4 Å². The van der Waals surface area contributed by atoms with E-state index in [4.69, 9.17) is 14.0 Å². The van der Waals surface area contributed by atoms with Crippen molar-refractivity contribution in [2.24, 2.45) is 0 Å². The van der Waals surface area contributed by atoms with Crippen LogP contribution in [0.3, 0.4) is 0 Å². The Morgan fingerprint density at radius 1 is 1.19 bits per heavy atom. The third-order valence-corrected chi connectivity index (χ3v) is 7.34. The van der Waals surface area contributed by atoms with Crippen molar-refractivity contribution in [3.63, 3.8) is 0 Å². The van der Waals surface area contributed by atoms with Gasteiger partial charge in [-0.15, -0.1) is 0 Å². The molecule has 1 aliphatic carbocycles. The zero-order valence-corrected chi connectivity index (χ0v) is 21.2. The molecule has 2 heterocycles. The minimum atomic E-state index is -4.29. The molecule has 1 aromatic carbocycles. The van der Waals surface area contributed by atoms with Crippen molar-refractivity contribution >= 4 is 32.6 Å². The third-order valence-electron chi connectivity index (χ3n) is 6.62. The number of hydrogen-bond acceptors (Lipinski definition) is 7. The molecular weight excluding hydrogens is 493 g/mol. The Bertz CT molecular complexity index is 1290. The van der Waals surface area contributed by atoms with Crippen LogP contribution >= 0.6 is 0 Å². The average Bonchev–Trinajstić information content (AvgIpc) is 2.80. The standard InChI is InChI=1S/C24H32FN3O7S/c1-24(2)34-13-16(14-35-24)28-12-18(23(30)26-8-9-36(31,32)33)22(29)17-10-19(25)20(11-21(17)28)27-15-6-4-3-5-7-15/h10-12,15-16,27H,3-9,13-14H2,1-2H3,(H,26,30)(H,31,32,33). The normalized spacial score (nSPS) is 19.3. The van der Waals surface area contributed by atoms with Crippen LogP contribution in [0.1, 0.15) is 62.4 Å². The zero-order chi connectivity index (χ0) is 26.1. The number of hydrogen-bond donors (Lipinski definition) is 3. The second-order valence-corrected chi connectivity index (χ2v) is 11.4. The molecular formula is C24H32FN3O7S. The smallest absolute Gasteiger partial charge is 0.266 e. The second-order valence-electron chi connectivity index (χ2n) is 9.83. The van der Waals surface area contributed by atoms with Crippen molar-refractivity contribution in [3.05, 3.63) is 39.9 Å². The Hall–Kier alpha value is -2.54. The molecule has 0 radical (unpaired) electrons. The van der Waals surface area contributed by atoms with E-state index in [-0.39, 0.29) is 35.9 Å². The van der Waals surface area contributed by atoms with Gasteiger partial charge in [0.25, 0.3) is 16.0 Å². The summed E-state index contributed by atoms with van der Waals surface area (Å²) in [5.41, 5.74) is -0.265. The Morgan fingerprint density at radius 2 is 1.86 bits per heavy atom. The highest BCUT2D eigenvalue weighted by atomic mass is 32.2. The highest BCUT2D eigenvalue weighted by Gasteiger charge is 2.31. The van der Waals surface area contributed by atoms with Crippen molar-refractivity contribution in [1.29, 1.82) is 0 Å². The molecule has 36 heavy (non-hydrogen) atoms. The maximum Gasteiger partial charge on any atom is 0.266 e. The monoisotopic (exact) mass is 525 g/mol. The van der Waals surface area contributed by atoms with E-state index in [1.165, 1.54) is 6.20 Å². The van der Waals surface area contributed by atoms with Crippen LogP contribution in [-0.4, -0.2) is 60.8 Å². The number of rotatable bonds is 7. The average molecular weight is 526 g/mol. The van der Waals surface area contributed by atoms with Gasteiger partial charge in [0.1, 0.15) is 11.4 Å². The van der Waals surface area contributed by atoms with Crippen LogP contribution in [0, 0.1) is 5.82 Å². The highest BCUT2D eigenvalue weighted by molar-refractivity contribution is 7.85. The van der Waals surface area contributed by atoms with Gasteiger partial charge in [-0.2, -0.15) is 8.42 Å². The molecule has 10 nitrogen and oxygen atoms in total. The van der Waals surface area contributed by atoms with Crippen molar-refractivity contribution in [3.8, 4) is 0 Å². The van der Waals surface area contributed by atoms with Crippen LogP contribution in [0.4, 0.5) is 10.1 Å². The van der Waals surface area contributed by atoms with E-state index >= 15 is 4.39 Å². The van der Waals surface area contributed by atoms with Crippen LogP contribution < -0.4 is 16.1 Å². The molecule has 12 heteroatoms. The number of carbonyl (C=O) groups is 1. The molecule has 198 valence electrons. The van der Waals surface area contributed by atoms with Gasteiger partial charge in [-0.05, 0) is 38.8 Å². The Kier molecular flexibility index (Phi) is 7.69.